The van der Waals surface area contributed by atoms with Crippen LogP contribution in [0.15, 0.2) is 24.3 Å². The Bertz CT molecular complexity index is 594. The average Bonchev–Trinajstić information content (AvgIpc) is 2.72. The van der Waals surface area contributed by atoms with Crippen molar-refractivity contribution < 1.29 is 14.6 Å². The molecular formula is C13H12ClNO3S. The number of halogens is 1. The topological polar surface area (TPSA) is 59.4 Å². The van der Waals surface area contributed by atoms with Gasteiger partial charge in [-0.05, 0) is 38.1 Å². The van der Waals surface area contributed by atoms with E-state index in [1.54, 1.807) is 31.2 Å². The molecule has 1 atom stereocenters. The van der Waals surface area contributed by atoms with Gasteiger partial charge in [0.15, 0.2) is 0 Å². The number of nitrogens with zero attached hydrogens (tertiary/aromatic N) is 1. The molecule has 1 N–H and O–H groups in total. The number of aromatic nitrogens is 1. The second kappa shape index (κ2) is 5.59. The molecule has 19 heavy (non-hydrogen) atoms. The van der Waals surface area contributed by atoms with Gasteiger partial charge in [0.2, 0.25) is 0 Å². The van der Waals surface area contributed by atoms with Gasteiger partial charge in [-0.25, -0.2) is 4.98 Å². The normalized spacial score (nSPS) is 12.2. The first-order valence-corrected chi connectivity index (χ1v) is 6.80. The van der Waals surface area contributed by atoms with E-state index in [4.69, 9.17) is 21.4 Å². The second-order valence-electron chi connectivity index (χ2n) is 4.04. The molecule has 0 aliphatic rings. The molecule has 1 unspecified atom stereocenters. The van der Waals surface area contributed by atoms with Crippen LogP contribution in [0.2, 0.25) is 5.02 Å². The maximum absolute atomic E-state index is 11.0. The Labute approximate surface area is 119 Å². The van der Waals surface area contributed by atoms with Crippen LogP contribution in [0.1, 0.15) is 23.4 Å². The number of carboxylic acids is 1. The van der Waals surface area contributed by atoms with Crippen molar-refractivity contribution in [3.05, 3.63) is 39.9 Å². The van der Waals surface area contributed by atoms with Crippen molar-refractivity contribution in [1.29, 1.82) is 0 Å². The molecule has 0 saturated heterocycles. The highest BCUT2D eigenvalue weighted by atomic mass is 35.5. The molecular weight excluding hydrogens is 286 g/mol. The first-order valence-electron chi connectivity index (χ1n) is 5.61. The zero-order valence-electron chi connectivity index (χ0n) is 10.4. The highest BCUT2D eigenvalue weighted by molar-refractivity contribution is 7.13. The molecule has 1 heterocycles. The van der Waals surface area contributed by atoms with E-state index in [1.807, 2.05) is 6.92 Å². The van der Waals surface area contributed by atoms with Gasteiger partial charge in [0.25, 0.3) is 5.19 Å². The molecule has 2 rings (SSSR count). The Hall–Kier alpha value is -1.59. The standard InChI is InChI=1S/C13H12ClNO3S/c1-7(12(16)17)11-8(2)19-13(15-11)18-10-5-3-9(14)4-6-10/h3-7H,1-2H3,(H,16,17). The lowest BCUT2D eigenvalue weighted by molar-refractivity contribution is -0.138. The van der Waals surface area contributed by atoms with Gasteiger partial charge in [0.05, 0.1) is 11.6 Å². The summed E-state index contributed by atoms with van der Waals surface area (Å²) in [5.41, 5.74) is 0.543. The van der Waals surface area contributed by atoms with Crippen LogP contribution in [-0.4, -0.2) is 16.1 Å². The van der Waals surface area contributed by atoms with Crippen molar-refractivity contribution >= 4 is 28.9 Å². The predicted molar refractivity (Wildman–Crippen MR) is 74.4 cm³/mol. The van der Waals surface area contributed by atoms with Gasteiger partial charge in [0.1, 0.15) is 5.75 Å². The number of benzene rings is 1. The van der Waals surface area contributed by atoms with Gasteiger partial charge in [-0.2, -0.15) is 0 Å². The van der Waals surface area contributed by atoms with Gasteiger partial charge >= 0.3 is 5.97 Å². The third-order valence-electron chi connectivity index (χ3n) is 2.61. The minimum absolute atomic E-state index is 0.433. The van der Waals surface area contributed by atoms with E-state index < -0.39 is 11.9 Å². The summed E-state index contributed by atoms with van der Waals surface area (Å²) in [6.45, 7) is 3.44. The largest absolute Gasteiger partial charge is 0.481 e. The Kier molecular flexibility index (Phi) is 4.07. The lowest BCUT2D eigenvalue weighted by Gasteiger charge is -2.03. The van der Waals surface area contributed by atoms with Crippen molar-refractivity contribution in [2.45, 2.75) is 19.8 Å². The van der Waals surface area contributed by atoms with Gasteiger partial charge in [0, 0.05) is 9.90 Å². The Morgan fingerprint density at radius 2 is 2.05 bits per heavy atom. The fourth-order valence-corrected chi connectivity index (χ4v) is 2.55. The highest BCUT2D eigenvalue weighted by Crippen LogP contribution is 2.32. The van der Waals surface area contributed by atoms with E-state index in [2.05, 4.69) is 4.98 Å². The van der Waals surface area contributed by atoms with Crippen LogP contribution in [0.5, 0.6) is 10.9 Å². The minimum Gasteiger partial charge on any atom is -0.481 e. The lowest BCUT2D eigenvalue weighted by Crippen LogP contribution is -2.08. The van der Waals surface area contributed by atoms with E-state index in [0.29, 0.717) is 21.7 Å². The van der Waals surface area contributed by atoms with Crippen molar-refractivity contribution in [2.24, 2.45) is 0 Å². The summed E-state index contributed by atoms with van der Waals surface area (Å²) >= 11 is 7.12. The van der Waals surface area contributed by atoms with Crippen LogP contribution in [0.3, 0.4) is 0 Å². The number of aryl methyl sites for hydroxylation is 1. The van der Waals surface area contributed by atoms with Crippen molar-refractivity contribution in [1.82, 2.24) is 4.98 Å². The van der Waals surface area contributed by atoms with Crippen LogP contribution in [-0.2, 0) is 4.79 Å². The van der Waals surface area contributed by atoms with E-state index in [1.165, 1.54) is 11.3 Å². The first-order chi connectivity index (χ1) is 8.97. The molecule has 1 aromatic heterocycles. The molecule has 0 saturated carbocycles. The fraction of sp³-hybridized carbons (Fsp3) is 0.231. The zero-order valence-corrected chi connectivity index (χ0v) is 12.0. The first kappa shape index (κ1) is 13.8. The van der Waals surface area contributed by atoms with Gasteiger partial charge in [-0.3, -0.25) is 4.79 Å². The summed E-state index contributed by atoms with van der Waals surface area (Å²) in [7, 11) is 0. The smallest absolute Gasteiger partial charge is 0.312 e. The third kappa shape index (κ3) is 3.24. The molecule has 1 aromatic carbocycles. The fourth-order valence-electron chi connectivity index (χ4n) is 1.55. The molecule has 0 bridgehead atoms. The summed E-state index contributed by atoms with van der Waals surface area (Å²) in [4.78, 5) is 16.0. The van der Waals surface area contributed by atoms with Crippen LogP contribution >= 0.6 is 22.9 Å². The molecule has 0 spiro atoms. The van der Waals surface area contributed by atoms with Gasteiger partial charge in [-0.15, -0.1) is 0 Å². The van der Waals surface area contributed by atoms with Crippen LogP contribution < -0.4 is 4.74 Å². The third-order valence-corrected chi connectivity index (χ3v) is 3.73. The van der Waals surface area contributed by atoms with Crippen molar-refractivity contribution in [3.63, 3.8) is 0 Å². The summed E-state index contributed by atoms with van der Waals surface area (Å²) in [6, 6.07) is 6.91. The number of carbonyl (C=O) groups is 1. The van der Waals surface area contributed by atoms with Crippen LogP contribution in [0.4, 0.5) is 0 Å². The van der Waals surface area contributed by atoms with Crippen molar-refractivity contribution in [3.8, 4) is 10.9 Å². The summed E-state index contributed by atoms with van der Waals surface area (Å²) in [5, 5.41) is 10.1. The van der Waals surface area contributed by atoms with Gasteiger partial charge < -0.3 is 9.84 Å². The second-order valence-corrected chi connectivity index (χ2v) is 5.64. The quantitative estimate of drug-likeness (QED) is 0.923. The van der Waals surface area contributed by atoms with E-state index in [9.17, 15) is 4.79 Å². The molecule has 2 aromatic rings. The summed E-state index contributed by atoms with van der Waals surface area (Å²) < 4.78 is 5.58. The number of hydrogen-bond donors (Lipinski definition) is 1. The molecule has 6 heteroatoms. The van der Waals surface area contributed by atoms with Crippen LogP contribution in [0.25, 0.3) is 0 Å². The number of thiazole rings is 1. The number of rotatable bonds is 4. The molecule has 4 nitrogen and oxygen atoms in total. The average molecular weight is 298 g/mol. The number of carboxylic acid groups (broad SMARTS) is 1. The van der Waals surface area contributed by atoms with Crippen LogP contribution in [0, 0.1) is 6.92 Å². The predicted octanol–water partition coefficient (Wildman–Crippen LogP) is 4.09. The maximum atomic E-state index is 11.0. The molecule has 0 fully saturated rings. The van der Waals surface area contributed by atoms with E-state index in [-0.39, 0.29) is 0 Å². The lowest BCUT2D eigenvalue weighted by atomic mass is 10.1. The highest BCUT2D eigenvalue weighted by Gasteiger charge is 2.21. The molecule has 0 radical (unpaired) electrons. The number of aliphatic carboxylic acids is 1. The molecule has 0 aliphatic carbocycles. The molecule has 100 valence electrons. The zero-order chi connectivity index (χ0) is 14.0. The Balaban J connectivity index is 2.20. The van der Waals surface area contributed by atoms with Gasteiger partial charge in [-0.1, -0.05) is 22.9 Å². The SMILES string of the molecule is Cc1sc(Oc2ccc(Cl)cc2)nc1C(C)C(=O)O. The maximum Gasteiger partial charge on any atom is 0.312 e. The summed E-state index contributed by atoms with van der Waals surface area (Å²) in [6.07, 6.45) is 0. The number of hydrogen-bond acceptors (Lipinski definition) is 4. The Morgan fingerprint density at radius 1 is 1.42 bits per heavy atom. The summed E-state index contributed by atoms with van der Waals surface area (Å²) in [5.74, 6) is -0.919. The molecule has 0 amide bonds. The minimum atomic E-state index is -0.897. The monoisotopic (exact) mass is 297 g/mol. The molecule has 0 aliphatic heterocycles. The van der Waals surface area contributed by atoms with E-state index >= 15 is 0 Å². The number of ether oxygens (including phenoxy) is 1. The van der Waals surface area contributed by atoms with E-state index in [0.717, 1.165) is 4.88 Å². The van der Waals surface area contributed by atoms with Crippen molar-refractivity contribution in [2.75, 3.05) is 0 Å². The Morgan fingerprint density at radius 3 is 2.63 bits per heavy atom.